The van der Waals surface area contributed by atoms with Gasteiger partial charge in [0, 0.05) is 16.5 Å². The minimum Gasteiger partial charge on any atom is -0.496 e. The van der Waals surface area contributed by atoms with E-state index in [0.29, 0.717) is 22.9 Å². The number of carbonyl (C=O) groups is 1. The number of aliphatic hydroxyl groups excluding tert-OH is 1. The van der Waals surface area contributed by atoms with Crippen LogP contribution >= 0.6 is 0 Å². The van der Waals surface area contributed by atoms with E-state index in [1.165, 1.54) is 7.11 Å². The van der Waals surface area contributed by atoms with E-state index in [1.54, 1.807) is 37.3 Å². The highest BCUT2D eigenvalue weighted by atomic mass is 16.5. The van der Waals surface area contributed by atoms with E-state index >= 15 is 0 Å². The number of methoxy groups -OCH3 is 3. The molecule has 0 fully saturated rings. The monoisotopic (exact) mass is 394 g/mol. The van der Waals surface area contributed by atoms with Gasteiger partial charge in [-0.3, -0.25) is 4.79 Å². The lowest BCUT2D eigenvalue weighted by atomic mass is 9.95. The van der Waals surface area contributed by atoms with E-state index in [0.717, 1.165) is 16.3 Å². The van der Waals surface area contributed by atoms with E-state index in [-0.39, 0.29) is 24.7 Å². The molecule has 150 valence electrons. The Kier molecular flexibility index (Phi) is 4.98. The molecule has 1 aliphatic rings. The second kappa shape index (κ2) is 7.60. The third-order valence-corrected chi connectivity index (χ3v) is 5.19. The number of benzene rings is 2. The van der Waals surface area contributed by atoms with Crippen LogP contribution in [0.5, 0.6) is 17.4 Å². The molecule has 7 heteroatoms. The lowest BCUT2D eigenvalue weighted by Crippen LogP contribution is -2.39. The summed E-state index contributed by atoms with van der Waals surface area (Å²) in [7, 11) is 4.64. The molecule has 0 saturated heterocycles. The van der Waals surface area contributed by atoms with Gasteiger partial charge in [-0.25, -0.2) is 4.98 Å². The van der Waals surface area contributed by atoms with Gasteiger partial charge in [0.25, 0.3) is 5.91 Å². The van der Waals surface area contributed by atoms with Gasteiger partial charge >= 0.3 is 0 Å². The summed E-state index contributed by atoms with van der Waals surface area (Å²) in [5, 5.41) is 12.5. The first kappa shape index (κ1) is 19.0. The zero-order valence-corrected chi connectivity index (χ0v) is 16.5. The molecular formula is C22H22N2O5. The summed E-state index contributed by atoms with van der Waals surface area (Å²) >= 11 is 0. The van der Waals surface area contributed by atoms with Crippen molar-refractivity contribution in [2.45, 2.75) is 12.6 Å². The summed E-state index contributed by atoms with van der Waals surface area (Å²) in [5.74, 6) is 1.28. The number of β-amino-alcohol motifs (C(OH)–C–C–N with tert-alkyl or cyclic N) is 1. The second-order valence-corrected chi connectivity index (χ2v) is 6.80. The van der Waals surface area contributed by atoms with Gasteiger partial charge in [0.15, 0.2) is 0 Å². The number of ether oxygens (including phenoxy) is 3. The zero-order valence-electron chi connectivity index (χ0n) is 16.5. The molecule has 29 heavy (non-hydrogen) atoms. The largest absolute Gasteiger partial charge is 0.496 e. The van der Waals surface area contributed by atoms with Crippen LogP contribution in [0.4, 0.5) is 0 Å². The van der Waals surface area contributed by atoms with Crippen LogP contribution in [0.2, 0.25) is 0 Å². The van der Waals surface area contributed by atoms with Crippen molar-refractivity contribution in [2.24, 2.45) is 0 Å². The van der Waals surface area contributed by atoms with Crippen molar-refractivity contribution in [2.75, 3.05) is 27.9 Å². The Morgan fingerprint density at radius 1 is 1.07 bits per heavy atom. The van der Waals surface area contributed by atoms with E-state index in [9.17, 15) is 9.90 Å². The number of fused-ring (bicyclic) bond motifs is 2. The van der Waals surface area contributed by atoms with Gasteiger partial charge in [0.1, 0.15) is 23.3 Å². The van der Waals surface area contributed by atoms with E-state index in [2.05, 4.69) is 4.98 Å². The molecule has 0 bridgehead atoms. The van der Waals surface area contributed by atoms with Crippen molar-refractivity contribution >= 4 is 16.7 Å². The van der Waals surface area contributed by atoms with Crippen molar-refractivity contribution in [3.8, 4) is 17.4 Å². The molecule has 7 nitrogen and oxygen atoms in total. The van der Waals surface area contributed by atoms with Crippen molar-refractivity contribution < 1.29 is 24.1 Å². The molecule has 0 saturated carbocycles. The second-order valence-electron chi connectivity index (χ2n) is 6.80. The number of hydrogen-bond donors (Lipinski definition) is 1. The summed E-state index contributed by atoms with van der Waals surface area (Å²) in [6.45, 7) is 0.411. The van der Waals surface area contributed by atoms with Gasteiger partial charge in [-0.05, 0) is 29.7 Å². The summed E-state index contributed by atoms with van der Waals surface area (Å²) in [4.78, 5) is 19.2. The molecule has 0 spiro atoms. The maximum Gasteiger partial charge on any atom is 0.273 e. The van der Waals surface area contributed by atoms with Crippen LogP contribution in [0.25, 0.3) is 10.8 Å². The fourth-order valence-electron chi connectivity index (χ4n) is 3.83. The Morgan fingerprint density at radius 2 is 1.79 bits per heavy atom. The molecule has 1 N–H and O–H groups in total. The minimum atomic E-state index is -0.893. The Bertz CT molecular complexity index is 1080. The van der Waals surface area contributed by atoms with Crippen LogP contribution in [0.1, 0.15) is 27.7 Å². The maximum absolute atomic E-state index is 13.2. The van der Waals surface area contributed by atoms with Crippen LogP contribution < -0.4 is 14.2 Å². The third kappa shape index (κ3) is 3.23. The van der Waals surface area contributed by atoms with Gasteiger partial charge < -0.3 is 24.2 Å². The van der Waals surface area contributed by atoms with Crippen LogP contribution in [-0.2, 0) is 6.54 Å². The zero-order chi connectivity index (χ0) is 20.5. The summed E-state index contributed by atoms with van der Waals surface area (Å²) in [6.07, 6.45) is -0.893. The summed E-state index contributed by atoms with van der Waals surface area (Å²) < 4.78 is 16.2. The quantitative estimate of drug-likeness (QED) is 0.733. The van der Waals surface area contributed by atoms with Gasteiger partial charge in [0.05, 0.1) is 34.4 Å². The molecule has 2 heterocycles. The highest BCUT2D eigenvalue weighted by Crippen LogP contribution is 2.39. The molecule has 3 aromatic rings. The Labute approximate surface area is 168 Å². The van der Waals surface area contributed by atoms with Gasteiger partial charge in [-0.2, -0.15) is 0 Å². The summed E-state index contributed by atoms with van der Waals surface area (Å²) in [6, 6.07) is 12.9. The molecule has 1 aliphatic heterocycles. The van der Waals surface area contributed by atoms with Crippen LogP contribution in [-0.4, -0.2) is 48.8 Å². The van der Waals surface area contributed by atoms with Crippen LogP contribution in [0, 0.1) is 0 Å². The van der Waals surface area contributed by atoms with E-state index in [1.807, 2.05) is 24.3 Å². The van der Waals surface area contributed by atoms with Crippen LogP contribution in [0.3, 0.4) is 0 Å². The van der Waals surface area contributed by atoms with Gasteiger partial charge in [0.2, 0.25) is 5.88 Å². The van der Waals surface area contributed by atoms with E-state index in [4.69, 9.17) is 14.2 Å². The number of hydrogen-bond acceptors (Lipinski definition) is 6. The SMILES string of the molecule is COc1ccc(OC)c2c1CN(C(=O)c1cc3ccccc3c(OC)n1)CC2O. The molecule has 2 aromatic carbocycles. The molecule has 4 rings (SSSR count). The third-order valence-electron chi connectivity index (χ3n) is 5.19. The first-order valence-electron chi connectivity index (χ1n) is 9.22. The standard InChI is InChI=1S/C22H22N2O5/c1-27-18-8-9-19(28-2)20-15(18)11-24(12-17(20)25)22(26)16-10-13-6-4-5-7-14(13)21(23-16)29-3/h4-10,17,25H,11-12H2,1-3H3. The number of rotatable bonds is 4. The normalized spacial score (nSPS) is 15.7. The number of nitrogens with zero attached hydrogens (tertiary/aromatic N) is 2. The molecule has 0 aliphatic carbocycles. The predicted octanol–water partition coefficient (Wildman–Crippen LogP) is 2.95. The topological polar surface area (TPSA) is 81.1 Å². The summed E-state index contributed by atoms with van der Waals surface area (Å²) in [5.41, 5.74) is 1.64. The number of aliphatic hydroxyl groups is 1. The van der Waals surface area contributed by atoms with Crippen molar-refractivity contribution in [3.63, 3.8) is 0 Å². The maximum atomic E-state index is 13.2. The van der Waals surface area contributed by atoms with E-state index < -0.39 is 6.10 Å². The van der Waals surface area contributed by atoms with Crippen molar-refractivity contribution in [1.82, 2.24) is 9.88 Å². The Hall–Kier alpha value is -3.32. The number of aromatic nitrogens is 1. The minimum absolute atomic E-state index is 0.131. The molecule has 0 radical (unpaired) electrons. The Balaban J connectivity index is 1.74. The lowest BCUT2D eigenvalue weighted by Gasteiger charge is -2.33. The van der Waals surface area contributed by atoms with Gasteiger partial charge in [-0.15, -0.1) is 0 Å². The Morgan fingerprint density at radius 3 is 2.52 bits per heavy atom. The average molecular weight is 394 g/mol. The first-order valence-corrected chi connectivity index (χ1v) is 9.22. The highest BCUT2D eigenvalue weighted by molar-refractivity contribution is 5.98. The molecular weight excluding hydrogens is 372 g/mol. The highest BCUT2D eigenvalue weighted by Gasteiger charge is 2.33. The number of carbonyl (C=O) groups excluding carboxylic acids is 1. The number of pyridine rings is 1. The van der Waals surface area contributed by atoms with Crippen molar-refractivity contribution in [3.05, 3.63) is 59.3 Å². The fraction of sp³-hybridized carbons (Fsp3) is 0.273. The molecule has 1 atom stereocenters. The number of amides is 1. The van der Waals surface area contributed by atoms with Gasteiger partial charge in [-0.1, -0.05) is 18.2 Å². The predicted molar refractivity (Wildman–Crippen MR) is 108 cm³/mol. The molecule has 1 aromatic heterocycles. The lowest BCUT2D eigenvalue weighted by molar-refractivity contribution is 0.0533. The van der Waals surface area contributed by atoms with Crippen LogP contribution in [0.15, 0.2) is 42.5 Å². The molecule has 1 unspecified atom stereocenters. The smallest absolute Gasteiger partial charge is 0.273 e. The fourth-order valence-corrected chi connectivity index (χ4v) is 3.83. The first-order chi connectivity index (χ1) is 14.1. The average Bonchev–Trinajstić information content (AvgIpc) is 2.76. The molecule has 1 amide bonds. The van der Waals surface area contributed by atoms with Crippen molar-refractivity contribution in [1.29, 1.82) is 0 Å².